The summed E-state index contributed by atoms with van der Waals surface area (Å²) < 4.78 is 32.6. The van der Waals surface area contributed by atoms with Crippen LogP contribution in [0.25, 0.3) is 17.0 Å². The predicted molar refractivity (Wildman–Crippen MR) is 131 cm³/mol. The summed E-state index contributed by atoms with van der Waals surface area (Å²) in [5.74, 6) is -0.0966. The molecule has 0 fully saturated rings. The molecule has 0 saturated carbocycles. The van der Waals surface area contributed by atoms with Crippen molar-refractivity contribution in [2.24, 2.45) is 0 Å². The number of nitrogens with one attached hydrogen (secondary N) is 1. The number of hydrogen-bond donors (Lipinski definition) is 1. The van der Waals surface area contributed by atoms with Crippen molar-refractivity contribution in [3.63, 3.8) is 0 Å². The first-order valence-electron chi connectivity index (χ1n) is 10.3. The van der Waals surface area contributed by atoms with Crippen LogP contribution in [0, 0.1) is 11.6 Å². The SMILES string of the molecule is CC1=C(c2nc(-c3ccc(F)cc3)no2)C(c2ccc(Cl)cc2)NC(=S)N1c1ccc(F)cc1. The zero-order valence-corrected chi connectivity index (χ0v) is 19.4. The summed E-state index contributed by atoms with van der Waals surface area (Å²) in [5.41, 5.74) is 3.63. The molecule has 1 aliphatic heterocycles. The van der Waals surface area contributed by atoms with E-state index in [-0.39, 0.29) is 17.5 Å². The Morgan fingerprint density at radius 1 is 0.941 bits per heavy atom. The lowest BCUT2D eigenvalue weighted by Gasteiger charge is -2.37. The zero-order chi connectivity index (χ0) is 23.8. The van der Waals surface area contributed by atoms with E-state index in [1.54, 1.807) is 41.3 Å². The highest BCUT2D eigenvalue weighted by Gasteiger charge is 2.34. The van der Waals surface area contributed by atoms with Crippen LogP contribution in [0.1, 0.15) is 24.4 Å². The molecule has 1 atom stereocenters. The number of rotatable bonds is 4. The van der Waals surface area contributed by atoms with Crippen molar-refractivity contribution in [2.45, 2.75) is 13.0 Å². The summed E-state index contributed by atoms with van der Waals surface area (Å²) in [7, 11) is 0. The van der Waals surface area contributed by atoms with Gasteiger partial charge < -0.3 is 9.84 Å². The van der Waals surface area contributed by atoms with E-state index in [0.29, 0.717) is 32.8 Å². The van der Waals surface area contributed by atoms with Gasteiger partial charge in [0, 0.05) is 22.0 Å². The highest BCUT2D eigenvalue weighted by atomic mass is 35.5. The molecule has 5 rings (SSSR count). The van der Waals surface area contributed by atoms with E-state index >= 15 is 0 Å². The lowest BCUT2D eigenvalue weighted by Crippen LogP contribution is -2.46. The lowest BCUT2D eigenvalue weighted by atomic mass is 9.94. The molecule has 2 heterocycles. The van der Waals surface area contributed by atoms with E-state index < -0.39 is 6.04 Å². The largest absolute Gasteiger partial charge is 0.351 e. The summed E-state index contributed by atoms with van der Waals surface area (Å²) in [6.45, 7) is 1.89. The van der Waals surface area contributed by atoms with Crippen molar-refractivity contribution < 1.29 is 13.3 Å². The van der Waals surface area contributed by atoms with Gasteiger partial charge in [-0.05, 0) is 85.4 Å². The molecule has 0 radical (unpaired) electrons. The maximum absolute atomic E-state index is 13.5. The minimum absolute atomic E-state index is 0.277. The molecule has 1 aromatic heterocycles. The predicted octanol–water partition coefficient (Wildman–Crippen LogP) is 6.54. The topological polar surface area (TPSA) is 54.2 Å². The molecule has 0 bridgehead atoms. The van der Waals surface area contributed by atoms with Gasteiger partial charge in [-0.25, -0.2) is 8.78 Å². The Labute approximate surface area is 204 Å². The Morgan fingerprint density at radius 3 is 2.21 bits per heavy atom. The Kier molecular flexibility index (Phi) is 5.85. The molecule has 1 unspecified atom stereocenters. The maximum Gasteiger partial charge on any atom is 0.258 e. The molecule has 5 nitrogen and oxygen atoms in total. The average Bonchev–Trinajstić information content (AvgIpc) is 3.30. The van der Waals surface area contributed by atoms with Crippen LogP contribution in [0.3, 0.4) is 0 Å². The van der Waals surface area contributed by atoms with E-state index in [9.17, 15) is 8.78 Å². The first-order chi connectivity index (χ1) is 16.4. The molecule has 0 spiro atoms. The van der Waals surface area contributed by atoms with Gasteiger partial charge >= 0.3 is 0 Å². The minimum Gasteiger partial charge on any atom is -0.351 e. The molecule has 4 aromatic rings. The Hall–Kier alpha value is -3.62. The van der Waals surface area contributed by atoms with Crippen molar-refractivity contribution in [2.75, 3.05) is 4.90 Å². The second kappa shape index (κ2) is 8.96. The van der Waals surface area contributed by atoms with Gasteiger partial charge in [0.15, 0.2) is 5.11 Å². The quantitative estimate of drug-likeness (QED) is 0.325. The van der Waals surface area contributed by atoms with Crippen LogP contribution in [0.5, 0.6) is 0 Å². The summed E-state index contributed by atoms with van der Waals surface area (Å²) in [6, 6.07) is 18.8. The van der Waals surface area contributed by atoms with E-state index in [1.165, 1.54) is 24.3 Å². The molecular weight excluding hydrogens is 478 g/mol. The monoisotopic (exact) mass is 494 g/mol. The average molecular weight is 495 g/mol. The van der Waals surface area contributed by atoms with Crippen LogP contribution in [0.15, 0.2) is 83.0 Å². The van der Waals surface area contributed by atoms with Crippen molar-refractivity contribution in [3.05, 3.63) is 107 Å². The third kappa shape index (κ3) is 4.18. The molecule has 1 aliphatic rings. The van der Waals surface area contributed by atoms with E-state index in [2.05, 4.69) is 15.5 Å². The maximum atomic E-state index is 13.5. The number of allylic oxidation sites excluding steroid dienone is 1. The first kappa shape index (κ1) is 22.2. The number of thiocarbonyl (C=S) groups is 1. The van der Waals surface area contributed by atoms with Gasteiger partial charge in [-0.15, -0.1) is 0 Å². The molecule has 0 amide bonds. The third-order valence-electron chi connectivity index (χ3n) is 5.53. The summed E-state index contributed by atoms with van der Waals surface area (Å²) >= 11 is 11.8. The third-order valence-corrected chi connectivity index (χ3v) is 6.08. The van der Waals surface area contributed by atoms with Crippen molar-refractivity contribution in [1.82, 2.24) is 15.5 Å². The first-order valence-corrected chi connectivity index (χ1v) is 11.1. The Morgan fingerprint density at radius 2 is 1.56 bits per heavy atom. The molecule has 170 valence electrons. The van der Waals surface area contributed by atoms with E-state index in [1.807, 2.05) is 19.1 Å². The number of hydrogen-bond acceptors (Lipinski definition) is 4. The molecule has 0 saturated heterocycles. The fraction of sp³-hybridized carbons (Fsp3) is 0.0800. The Bertz CT molecular complexity index is 1390. The highest BCUT2D eigenvalue weighted by molar-refractivity contribution is 7.80. The highest BCUT2D eigenvalue weighted by Crippen LogP contribution is 2.39. The van der Waals surface area contributed by atoms with Gasteiger partial charge in [-0.2, -0.15) is 4.98 Å². The van der Waals surface area contributed by atoms with Gasteiger partial charge in [-0.3, -0.25) is 4.90 Å². The molecular formula is C25H17ClF2N4OS. The van der Waals surface area contributed by atoms with Crippen LogP contribution >= 0.6 is 23.8 Å². The zero-order valence-electron chi connectivity index (χ0n) is 17.8. The van der Waals surface area contributed by atoms with Crippen LogP contribution < -0.4 is 10.2 Å². The second-order valence-corrected chi connectivity index (χ2v) is 8.50. The van der Waals surface area contributed by atoms with Crippen LogP contribution in [-0.2, 0) is 0 Å². The van der Waals surface area contributed by atoms with Crippen LogP contribution in [-0.4, -0.2) is 15.3 Å². The number of anilines is 1. The summed E-state index contributed by atoms with van der Waals surface area (Å²) in [5, 5.41) is 8.48. The number of halogens is 3. The second-order valence-electron chi connectivity index (χ2n) is 7.67. The van der Waals surface area contributed by atoms with Crippen molar-refractivity contribution >= 4 is 40.2 Å². The normalized spacial score (nSPS) is 16.1. The smallest absolute Gasteiger partial charge is 0.258 e. The number of nitrogens with zero attached hydrogens (tertiary/aromatic N) is 3. The van der Waals surface area contributed by atoms with Gasteiger partial charge in [0.1, 0.15) is 11.6 Å². The van der Waals surface area contributed by atoms with Crippen molar-refractivity contribution in [1.29, 1.82) is 0 Å². The minimum atomic E-state index is -0.400. The van der Waals surface area contributed by atoms with Gasteiger partial charge in [-0.1, -0.05) is 28.9 Å². The molecule has 1 N–H and O–H groups in total. The number of benzene rings is 3. The van der Waals surface area contributed by atoms with Gasteiger partial charge in [0.05, 0.1) is 11.6 Å². The fourth-order valence-electron chi connectivity index (χ4n) is 3.88. The molecule has 0 aliphatic carbocycles. The standard InChI is InChI=1S/C25H17ClF2N4OS/c1-14-21(24-30-23(31-33-24)16-4-8-18(27)9-5-16)22(15-2-6-17(26)7-3-15)29-25(34)32(14)20-12-10-19(28)11-13-20/h2-13,22H,1H3,(H,29,34). The van der Waals surface area contributed by atoms with Gasteiger partial charge in [0.2, 0.25) is 5.82 Å². The molecule has 3 aromatic carbocycles. The van der Waals surface area contributed by atoms with E-state index in [4.69, 9.17) is 28.3 Å². The fourth-order valence-corrected chi connectivity index (χ4v) is 4.36. The molecule has 9 heteroatoms. The van der Waals surface area contributed by atoms with Gasteiger partial charge in [0.25, 0.3) is 5.89 Å². The summed E-state index contributed by atoms with van der Waals surface area (Å²) in [4.78, 5) is 6.38. The van der Waals surface area contributed by atoms with Crippen LogP contribution in [0.4, 0.5) is 14.5 Å². The Balaban J connectivity index is 1.64. The van der Waals surface area contributed by atoms with E-state index in [0.717, 1.165) is 11.3 Å². The lowest BCUT2D eigenvalue weighted by molar-refractivity contribution is 0.404. The number of aromatic nitrogens is 2. The summed E-state index contributed by atoms with van der Waals surface area (Å²) in [6.07, 6.45) is 0. The van der Waals surface area contributed by atoms with Crippen molar-refractivity contribution in [3.8, 4) is 11.4 Å². The molecule has 34 heavy (non-hydrogen) atoms. The van der Waals surface area contributed by atoms with Crippen LogP contribution in [0.2, 0.25) is 5.02 Å².